The first-order valence-electron chi connectivity index (χ1n) is 3.74. The highest BCUT2D eigenvalue weighted by Crippen LogP contribution is 2.19. The van der Waals surface area contributed by atoms with Crippen LogP contribution in [0.3, 0.4) is 0 Å². The third-order valence-corrected chi connectivity index (χ3v) is 1.58. The quantitative estimate of drug-likeness (QED) is 0.407. The van der Waals surface area contributed by atoms with E-state index in [1.54, 1.807) is 0 Å². The summed E-state index contributed by atoms with van der Waals surface area (Å²) in [6.07, 6.45) is 7.96. The highest BCUT2D eigenvalue weighted by atomic mass is 14.6. The van der Waals surface area contributed by atoms with Crippen LogP contribution in [-0.4, -0.2) is 6.04 Å². The minimum Gasteiger partial charge on any atom is -0.314 e. The Morgan fingerprint density at radius 3 is 2.82 bits per heavy atom. The number of nitrogens with two attached hydrogens (primary N) is 1. The predicted molar refractivity (Wildman–Crippen MR) is 47.8 cm³/mol. The molecule has 0 amide bonds. The van der Waals surface area contributed by atoms with Crippen molar-refractivity contribution in [3.63, 3.8) is 0 Å². The molecule has 1 aliphatic rings. The Morgan fingerprint density at radius 2 is 2.09 bits per heavy atom. The van der Waals surface area contributed by atoms with Gasteiger partial charge in [0.2, 0.25) is 0 Å². The van der Waals surface area contributed by atoms with Gasteiger partial charge in [-0.3, -0.25) is 0 Å². The number of hydrogen-bond donors (Lipinski definition) is 1. The molecule has 1 aliphatic carbocycles. The molecule has 0 aromatic carbocycles. The zero-order valence-electron chi connectivity index (χ0n) is 6.96. The van der Waals surface area contributed by atoms with Crippen molar-refractivity contribution in [3.8, 4) is 11.8 Å². The second kappa shape index (κ2) is 2.94. The molecule has 0 spiro atoms. The molecular formula is C10H13N. The van der Waals surface area contributed by atoms with Crippen molar-refractivity contribution in [2.24, 2.45) is 11.1 Å². The molecule has 0 heterocycles. The average molecular weight is 147 g/mol. The van der Waals surface area contributed by atoms with Crippen LogP contribution in [0.2, 0.25) is 0 Å². The van der Waals surface area contributed by atoms with Gasteiger partial charge >= 0.3 is 0 Å². The molecule has 1 atom stereocenters. The topological polar surface area (TPSA) is 26.0 Å². The second-order valence-corrected chi connectivity index (χ2v) is 3.33. The maximum atomic E-state index is 5.63. The van der Waals surface area contributed by atoms with Crippen LogP contribution in [0.4, 0.5) is 0 Å². The molecule has 0 fully saturated rings. The van der Waals surface area contributed by atoms with E-state index in [1.807, 2.05) is 12.2 Å². The van der Waals surface area contributed by atoms with Crippen molar-refractivity contribution in [3.05, 3.63) is 24.3 Å². The van der Waals surface area contributed by atoms with Crippen molar-refractivity contribution in [1.82, 2.24) is 0 Å². The largest absolute Gasteiger partial charge is 0.314 e. The normalized spacial score (nSPS) is 26.6. The summed E-state index contributed by atoms with van der Waals surface area (Å²) in [7, 11) is 0. The Labute approximate surface area is 68.0 Å². The van der Waals surface area contributed by atoms with Crippen LogP contribution in [0.1, 0.15) is 13.8 Å². The molecule has 11 heavy (non-hydrogen) atoms. The van der Waals surface area contributed by atoms with Gasteiger partial charge in [-0.25, -0.2) is 0 Å². The molecule has 0 saturated heterocycles. The molecule has 0 radical (unpaired) electrons. The summed E-state index contributed by atoms with van der Waals surface area (Å²) in [5.41, 5.74) is 5.72. The third-order valence-electron chi connectivity index (χ3n) is 1.58. The molecule has 0 aliphatic heterocycles. The van der Waals surface area contributed by atoms with Gasteiger partial charge in [-0.05, 0) is 6.08 Å². The van der Waals surface area contributed by atoms with Crippen LogP contribution < -0.4 is 5.73 Å². The van der Waals surface area contributed by atoms with Gasteiger partial charge in [-0.15, -0.1) is 0 Å². The SMILES string of the molecule is CC1(C)C=CC#CC(N)C=C1. The molecule has 0 aromatic rings. The van der Waals surface area contributed by atoms with E-state index >= 15 is 0 Å². The lowest BCUT2D eigenvalue weighted by Gasteiger charge is -2.15. The molecule has 0 bridgehead atoms. The lowest BCUT2D eigenvalue weighted by atomic mass is 9.91. The highest BCUT2D eigenvalue weighted by Gasteiger charge is 2.09. The molecule has 1 rings (SSSR count). The van der Waals surface area contributed by atoms with Gasteiger partial charge in [0.15, 0.2) is 0 Å². The van der Waals surface area contributed by atoms with Gasteiger partial charge in [0.25, 0.3) is 0 Å². The lowest BCUT2D eigenvalue weighted by molar-refractivity contribution is 0.622. The van der Waals surface area contributed by atoms with E-state index < -0.39 is 0 Å². The fourth-order valence-corrected chi connectivity index (χ4v) is 0.856. The van der Waals surface area contributed by atoms with Crippen molar-refractivity contribution in [1.29, 1.82) is 0 Å². The van der Waals surface area contributed by atoms with Crippen LogP contribution in [0.15, 0.2) is 24.3 Å². The Morgan fingerprint density at radius 1 is 1.36 bits per heavy atom. The highest BCUT2D eigenvalue weighted by molar-refractivity contribution is 5.28. The molecule has 2 N–H and O–H groups in total. The van der Waals surface area contributed by atoms with E-state index in [-0.39, 0.29) is 11.5 Å². The summed E-state index contributed by atoms with van der Waals surface area (Å²) >= 11 is 0. The summed E-state index contributed by atoms with van der Waals surface area (Å²) in [5.74, 6) is 5.76. The van der Waals surface area contributed by atoms with E-state index in [4.69, 9.17) is 5.73 Å². The zero-order chi connectivity index (χ0) is 8.32. The van der Waals surface area contributed by atoms with E-state index in [1.165, 1.54) is 0 Å². The summed E-state index contributed by atoms with van der Waals surface area (Å²) in [6.45, 7) is 4.25. The molecule has 0 aromatic heterocycles. The molecule has 1 unspecified atom stereocenters. The van der Waals surface area contributed by atoms with E-state index in [0.29, 0.717) is 0 Å². The Kier molecular flexibility index (Phi) is 2.16. The molecule has 0 saturated carbocycles. The Bertz CT molecular complexity index is 248. The van der Waals surface area contributed by atoms with Gasteiger partial charge in [0.05, 0.1) is 6.04 Å². The van der Waals surface area contributed by atoms with Crippen molar-refractivity contribution in [2.75, 3.05) is 0 Å². The van der Waals surface area contributed by atoms with Crippen LogP contribution in [-0.2, 0) is 0 Å². The lowest BCUT2D eigenvalue weighted by Crippen LogP contribution is -2.16. The van der Waals surface area contributed by atoms with Gasteiger partial charge in [-0.2, -0.15) is 0 Å². The smallest absolute Gasteiger partial charge is 0.0854 e. The minimum absolute atomic E-state index is 0.0900. The van der Waals surface area contributed by atoms with Crippen molar-refractivity contribution in [2.45, 2.75) is 19.9 Å². The number of allylic oxidation sites excluding steroid dienone is 3. The van der Waals surface area contributed by atoms with E-state index in [0.717, 1.165) is 0 Å². The van der Waals surface area contributed by atoms with Gasteiger partial charge in [0, 0.05) is 5.41 Å². The average Bonchev–Trinajstić information content (AvgIpc) is 1.92. The third kappa shape index (κ3) is 2.61. The van der Waals surface area contributed by atoms with Gasteiger partial charge < -0.3 is 5.73 Å². The molecule has 1 heteroatoms. The van der Waals surface area contributed by atoms with Crippen LogP contribution >= 0.6 is 0 Å². The summed E-state index contributed by atoms with van der Waals surface area (Å²) in [6, 6.07) is -0.112. The first-order valence-corrected chi connectivity index (χ1v) is 3.74. The second-order valence-electron chi connectivity index (χ2n) is 3.33. The fourth-order valence-electron chi connectivity index (χ4n) is 0.856. The first kappa shape index (κ1) is 8.10. The predicted octanol–water partition coefficient (Wildman–Crippen LogP) is 1.47. The molecule has 1 nitrogen and oxygen atoms in total. The van der Waals surface area contributed by atoms with E-state index in [9.17, 15) is 0 Å². The van der Waals surface area contributed by atoms with Crippen LogP contribution in [0, 0.1) is 17.3 Å². The van der Waals surface area contributed by atoms with Crippen molar-refractivity contribution >= 4 is 0 Å². The van der Waals surface area contributed by atoms with Gasteiger partial charge in [0.1, 0.15) is 0 Å². The standard InChI is InChI=1S/C10H13N/c1-10(2)7-4-3-5-9(11)6-8-10/h4,6-9H,11H2,1-2H3. The van der Waals surface area contributed by atoms with Crippen LogP contribution in [0.5, 0.6) is 0 Å². The summed E-state index contributed by atoms with van der Waals surface area (Å²) < 4.78 is 0. The zero-order valence-corrected chi connectivity index (χ0v) is 6.96. The Balaban J connectivity index is 2.90. The maximum absolute atomic E-state index is 5.63. The molecular weight excluding hydrogens is 134 g/mol. The van der Waals surface area contributed by atoms with E-state index in [2.05, 4.69) is 37.8 Å². The summed E-state index contributed by atoms with van der Waals surface area (Å²) in [5, 5.41) is 0. The maximum Gasteiger partial charge on any atom is 0.0854 e. The minimum atomic E-state index is -0.112. The number of rotatable bonds is 0. The fraction of sp³-hybridized carbons (Fsp3) is 0.400. The first-order chi connectivity index (χ1) is 5.10. The molecule has 58 valence electrons. The monoisotopic (exact) mass is 147 g/mol. The van der Waals surface area contributed by atoms with Crippen molar-refractivity contribution < 1.29 is 0 Å². The van der Waals surface area contributed by atoms with Crippen LogP contribution in [0.25, 0.3) is 0 Å². The summed E-state index contributed by atoms with van der Waals surface area (Å²) in [4.78, 5) is 0. The Hall–Kier alpha value is -1.00. The number of hydrogen-bond acceptors (Lipinski definition) is 1. The van der Waals surface area contributed by atoms with Gasteiger partial charge in [-0.1, -0.05) is 43.9 Å².